The van der Waals surface area contributed by atoms with E-state index in [-0.39, 0.29) is 5.91 Å². The highest BCUT2D eigenvalue weighted by molar-refractivity contribution is 5.83. The average Bonchev–Trinajstić information content (AvgIpc) is 3.37. The summed E-state index contributed by atoms with van der Waals surface area (Å²) in [6.45, 7) is 1.36. The predicted molar refractivity (Wildman–Crippen MR) is 103 cm³/mol. The summed E-state index contributed by atoms with van der Waals surface area (Å²) in [7, 11) is 0. The molecule has 1 aromatic carbocycles. The van der Waals surface area contributed by atoms with Crippen LogP contribution in [-0.4, -0.2) is 43.5 Å². The molecule has 0 atom stereocenters. The minimum atomic E-state index is -0.0294. The Hall–Kier alpha value is -3.68. The molecular formula is C19H19N7O. The van der Waals surface area contributed by atoms with E-state index < -0.39 is 0 Å². The molecule has 4 aromatic rings. The van der Waals surface area contributed by atoms with Crippen molar-refractivity contribution in [2.75, 3.05) is 18.4 Å². The first-order valence-electron chi connectivity index (χ1n) is 8.68. The molecule has 0 unspecified atom stereocenters. The first-order valence-corrected chi connectivity index (χ1v) is 8.68. The predicted octanol–water partition coefficient (Wildman–Crippen LogP) is 1.85. The van der Waals surface area contributed by atoms with Crippen molar-refractivity contribution >= 4 is 22.6 Å². The van der Waals surface area contributed by atoms with Crippen molar-refractivity contribution in [1.29, 1.82) is 0 Å². The van der Waals surface area contributed by atoms with Crippen LogP contribution < -0.4 is 10.6 Å². The number of nitrogens with one attached hydrogen (secondary N) is 2. The Labute approximate surface area is 155 Å². The molecule has 0 aliphatic heterocycles. The topological polar surface area (TPSA) is 89.7 Å². The Morgan fingerprint density at radius 2 is 1.89 bits per heavy atom. The van der Waals surface area contributed by atoms with Gasteiger partial charge in [0.25, 0.3) is 0 Å². The largest absolute Gasteiger partial charge is 0.367 e. The van der Waals surface area contributed by atoms with E-state index in [2.05, 4.69) is 25.9 Å². The number of benzene rings is 1. The maximum atomic E-state index is 12.1. The van der Waals surface area contributed by atoms with Gasteiger partial charge in [-0.05, 0) is 35.7 Å². The van der Waals surface area contributed by atoms with Crippen molar-refractivity contribution in [1.82, 2.24) is 29.9 Å². The second-order valence-corrected chi connectivity index (χ2v) is 6.01. The normalized spacial score (nSPS) is 10.8. The van der Waals surface area contributed by atoms with Gasteiger partial charge in [-0.1, -0.05) is 18.2 Å². The van der Waals surface area contributed by atoms with Gasteiger partial charge in [0.2, 0.25) is 5.91 Å². The Balaban J connectivity index is 1.23. The number of anilines is 1. The van der Waals surface area contributed by atoms with E-state index in [4.69, 9.17) is 0 Å². The Morgan fingerprint density at radius 1 is 0.963 bits per heavy atom. The zero-order valence-corrected chi connectivity index (χ0v) is 14.6. The van der Waals surface area contributed by atoms with Gasteiger partial charge in [0.15, 0.2) is 5.82 Å². The minimum Gasteiger partial charge on any atom is -0.367 e. The maximum Gasteiger partial charge on any atom is 0.240 e. The number of carbonyl (C=O) groups is 1. The summed E-state index contributed by atoms with van der Waals surface area (Å²) < 4.78 is 3.58. The zero-order chi connectivity index (χ0) is 18.5. The first-order chi connectivity index (χ1) is 13.3. The van der Waals surface area contributed by atoms with Crippen LogP contribution in [0.5, 0.6) is 0 Å². The lowest BCUT2D eigenvalue weighted by Gasteiger charge is -2.09. The fourth-order valence-corrected chi connectivity index (χ4v) is 2.83. The summed E-state index contributed by atoms with van der Waals surface area (Å²) >= 11 is 0. The van der Waals surface area contributed by atoms with E-state index in [1.54, 1.807) is 17.1 Å². The summed E-state index contributed by atoms with van der Waals surface area (Å²) in [5.41, 5.74) is 1.05. The van der Waals surface area contributed by atoms with Gasteiger partial charge in [-0.3, -0.25) is 4.79 Å². The highest BCUT2D eigenvalue weighted by Crippen LogP contribution is 2.14. The van der Waals surface area contributed by atoms with Crippen LogP contribution in [0.2, 0.25) is 0 Å². The number of hydrogen-bond acceptors (Lipinski definition) is 5. The SMILES string of the molecule is O=C(Cn1ccc2ccccc21)NCCNc1ccc(-n2cccn2)nn1. The van der Waals surface area contributed by atoms with E-state index in [0.29, 0.717) is 31.3 Å². The smallest absolute Gasteiger partial charge is 0.240 e. The van der Waals surface area contributed by atoms with Crippen LogP contribution in [-0.2, 0) is 11.3 Å². The van der Waals surface area contributed by atoms with Crippen molar-refractivity contribution < 1.29 is 4.79 Å². The third-order valence-corrected chi connectivity index (χ3v) is 4.14. The molecule has 0 radical (unpaired) electrons. The molecule has 136 valence electrons. The molecule has 27 heavy (non-hydrogen) atoms. The highest BCUT2D eigenvalue weighted by atomic mass is 16.1. The average molecular weight is 361 g/mol. The number of hydrogen-bond donors (Lipinski definition) is 2. The van der Waals surface area contributed by atoms with Crippen molar-refractivity contribution in [2.24, 2.45) is 0 Å². The standard InChI is InChI=1S/C19H19N7O/c27-19(14-25-13-8-15-4-1-2-5-16(15)25)21-11-10-20-17-6-7-18(24-23-17)26-12-3-9-22-26/h1-9,12-13H,10-11,14H2,(H,20,23)(H,21,27). The molecule has 0 saturated carbocycles. The van der Waals surface area contributed by atoms with E-state index >= 15 is 0 Å². The van der Waals surface area contributed by atoms with Crippen LogP contribution in [0.3, 0.4) is 0 Å². The summed E-state index contributed by atoms with van der Waals surface area (Å²) in [5, 5.41) is 19.5. The molecule has 0 fully saturated rings. The number of para-hydroxylation sites is 1. The molecule has 4 rings (SSSR count). The molecule has 3 heterocycles. The van der Waals surface area contributed by atoms with Gasteiger partial charge < -0.3 is 15.2 Å². The van der Waals surface area contributed by atoms with Crippen molar-refractivity contribution in [2.45, 2.75) is 6.54 Å². The van der Waals surface area contributed by atoms with Crippen molar-refractivity contribution in [3.63, 3.8) is 0 Å². The second-order valence-electron chi connectivity index (χ2n) is 6.01. The lowest BCUT2D eigenvalue weighted by Crippen LogP contribution is -2.31. The molecular weight excluding hydrogens is 342 g/mol. The molecule has 0 bridgehead atoms. The number of amides is 1. The monoisotopic (exact) mass is 361 g/mol. The highest BCUT2D eigenvalue weighted by Gasteiger charge is 2.05. The van der Waals surface area contributed by atoms with Crippen LogP contribution in [0.25, 0.3) is 16.7 Å². The van der Waals surface area contributed by atoms with Crippen molar-refractivity contribution in [3.8, 4) is 5.82 Å². The van der Waals surface area contributed by atoms with Gasteiger partial charge in [-0.25, -0.2) is 4.68 Å². The van der Waals surface area contributed by atoms with Gasteiger partial charge in [0, 0.05) is 37.2 Å². The fraction of sp³-hybridized carbons (Fsp3) is 0.158. The Morgan fingerprint density at radius 3 is 2.70 bits per heavy atom. The number of fused-ring (bicyclic) bond motifs is 1. The lowest BCUT2D eigenvalue weighted by molar-refractivity contribution is -0.121. The van der Waals surface area contributed by atoms with Crippen LogP contribution >= 0.6 is 0 Å². The quantitative estimate of drug-likeness (QED) is 0.490. The van der Waals surface area contributed by atoms with E-state index in [9.17, 15) is 4.79 Å². The molecule has 8 nitrogen and oxygen atoms in total. The van der Waals surface area contributed by atoms with Gasteiger partial charge in [0.05, 0.1) is 0 Å². The zero-order valence-electron chi connectivity index (χ0n) is 14.6. The lowest BCUT2D eigenvalue weighted by atomic mass is 10.2. The molecule has 0 aliphatic rings. The third-order valence-electron chi connectivity index (χ3n) is 4.14. The number of carbonyl (C=O) groups excluding carboxylic acids is 1. The number of aromatic nitrogens is 5. The third kappa shape index (κ3) is 3.95. The van der Waals surface area contributed by atoms with E-state index in [0.717, 1.165) is 10.9 Å². The van der Waals surface area contributed by atoms with Crippen LogP contribution in [0.4, 0.5) is 5.82 Å². The molecule has 1 amide bonds. The summed E-state index contributed by atoms with van der Waals surface area (Å²) in [4.78, 5) is 12.1. The van der Waals surface area contributed by atoms with E-state index in [1.807, 2.05) is 59.3 Å². The minimum absolute atomic E-state index is 0.0294. The maximum absolute atomic E-state index is 12.1. The van der Waals surface area contributed by atoms with E-state index in [1.165, 1.54) is 0 Å². The first kappa shape index (κ1) is 16.8. The summed E-state index contributed by atoms with van der Waals surface area (Å²) in [6, 6.07) is 15.5. The van der Waals surface area contributed by atoms with Crippen LogP contribution in [0.15, 0.2) is 67.1 Å². The Kier molecular flexibility index (Phi) is 4.78. The van der Waals surface area contributed by atoms with Crippen LogP contribution in [0, 0.1) is 0 Å². The van der Waals surface area contributed by atoms with Gasteiger partial charge in [-0.15, -0.1) is 10.2 Å². The molecule has 0 aliphatic carbocycles. The van der Waals surface area contributed by atoms with Crippen molar-refractivity contribution in [3.05, 3.63) is 67.1 Å². The molecule has 3 aromatic heterocycles. The number of nitrogens with zero attached hydrogens (tertiary/aromatic N) is 5. The Bertz CT molecular complexity index is 1020. The van der Waals surface area contributed by atoms with Gasteiger partial charge >= 0.3 is 0 Å². The summed E-state index contributed by atoms with van der Waals surface area (Å²) in [6.07, 6.45) is 5.42. The molecule has 2 N–H and O–H groups in total. The second kappa shape index (κ2) is 7.69. The van der Waals surface area contributed by atoms with Gasteiger partial charge in [0.1, 0.15) is 12.4 Å². The molecule has 8 heteroatoms. The fourth-order valence-electron chi connectivity index (χ4n) is 2.83. The summed E-state index contributed by atoms with van der Waals surface area (Å²) in [5.74, 6) is 1.27. The molecule has 0 saturated heterocycles. The van der Waals surface area contributed by atoms with Crippen LogP contribution in [0.1, 0.15) is 0 Å². The molecule has 0 spiro atoms. The van der Waals surface area contributed by atoms with Gasteiger partial charge in [-0.2, -0.15) is 5.10 Å². The number of rotatable bonds is 7.